The smallest absolute Gasteiger partial charge is 0.358 e. The minimum atomic E-state index is -2.84. The van der Waals surface area contributed by atoms with Crippen LogP contribution < -0.4 is 0 Å². The third-order valence-electron chi connectivity index (χ3n) is 1.50. The highest BCUT2D eigenvalue weighted by Crippen LogP contribution is 2.33. The summed E-state index contributed by atoms with van der Waals surface area (Å²) in [6.45, 7) is 1.38. The van der Waals surface area contributed by atoms with E-state index in [0.29, 0.717) is 0 Å². The molecule has 0 amide bonds. The van der Waals surface area contributed by atoms with Crippen LogP contribution in [0.15, 0.2) is 6.07 Å². The Kier molecular flexibility index (Phi) is 2.95. The van der Waals surface area contributed by atoms with Gasteiger partial charge in [-0.05, 0) is 16.0 Å². The number of halogens is 3. The molecule has 0 aliphatic carbocycles. The summed E-state index contributed by atoms with van der Waals surface area (Å²) in [6, 6.07) is 1.03. The predicted molar refractivity (Wildman–Crippen MR) is 45.6 cm³/mol. The van der Waals surface area contributed by atoms with E-state index >= 15 is 0 Å². The van der Waals surface area contributed by atoms with Gasteiger partial charge in [-0.1, -0.05) is 11.6 Å². The number of nitrogens with zero attached hydrogens (tertiary/aromatic N) is 2. The first-order valence-corrected chi connectivity index (χ1v) is 3.91. The zero-order valence-corrected chi connectivity index (χ0v) is 7.76. The molecular weight excluding hydrogens is 218 g/mol. The van der Waals surface area contributed by atoms with Gasteiger partial charge in [-0.3, -0.25) is 0 Å². The summed E-state index contributed by atoms with van der Waals surface area (Å²) in [5.74, 6) is -0.734. The zero-order chi connectivity index (χ0) is 10.9. The van der Waals surface area contributed by atoms with E-state index in [4.69, 9.17) is 11.6 Å². The molecule has 0 atom stereocenters. The van der Waals surface area contributed by atoms with Gasteiger partial charge in [0.2, 0.25) is 0 Å². The largest absolute Gasteiger partial charge is 0.383 e. The van der Waals surface area contributed by atoms with Crippen LogP contribution in [0.5, 0.6) is 0 Å². The van der Waals surface area contributed by atoms with Gasteiger partial charge in [0.05, 0.1) is 0 Å². The van der Waals surface area contributed by atoms with E-state index in [2.05, 4.69) is 4.98 Å². The third kappa shape index (κ3) is 1.95. The first-order valence-electron chi connectivity index (χ1n) is 3.53. The lowest BCUT2D eigenvalue weighted by Crippen LogP contribution is -1.99. The quantitative estimate of drug-likeness (QED) is 0.571. The molecule has 0 spiro atoms. The lowest BCUT2D eigenvalue weighted by molar-refractivity contribution is -0.389. The molecule has 14 heavy (non-hydrogen) atoms. The number of hydrogen-bond donors (Lipinski definition) is 0. The third-order valence-corrected chi connectivity index (χ3v) is 1.89. The van der Waals surface area contributed by atoms with Gasteiger partial charge in [-0.25, -0.2) is 8.78 Å². The maximum Gasteiger partial charge on any atom is 0.383 e. The van der Waals surface area contributed by atoms with Crippen molar-refractivity contribution in [1.29, 1.82) is 0 Å². The van der Waals surface area contributed by atoms with Crippen LogP contribution in [0.25, 0.3) is 0 Å². The molecule has 0 N–H and O–H groups in total. The Morgan fingerprint density at radius 2 is 2.21 bits per heavy atom. The molecule has 0 fully saturated rings. The van der Waals surface area contributed by atoms with E-state index in [0.717, 1.165) is 6.07 Å². The van der Waals surface area contributed by atoms with Crippen molar-refractivity contribution in [2.75, 3.05) is 0 Å². The Balaban J connectivity index is 3.40. The van der Waals surface area contributed by atoms with Crippen molar-refractivity contribution in [1.82, 2.24) is 4.98 Å². The highest BCUT2D eigenvalue weighted by molar-refractivity contribution is 6.33. The molecule has 0 aromatic carbocycles. The Hall–Kier alpha value is -1.30. The summed E-state index contributed by atoms with van der Waals surface area (Å²) in [7, 11) is 0. The van der Waals surface area contributed by atoms with Gasteiger partial charge in [0.25, 0.3) is 6.43 Å². The van der Waals surface area contributed by atoms with E-state index in [9.17, 15) is 18.9 Å². The summed E-state index contributed by atoms with van der Waals surface area (Å²) in [4.78, 5) is 12.9. The summed E-state index contributed by atoms with van der Waals surface area (Å²) in [6.07, 6.45) is -2.84. The van der Waals surface area contributed by atoms with Crippen LogP contribution >= 0.6 is 11.6 Å². The van der Waals surface area contributed by atoms with Crippen LogP contribution in [0, 0.1) is 17.0 Å². The number of rotatable bonds is 2. The van der Waals surface area contributed by atoms with Crippen LogP contribution in [0.1, 0.15) is 17.7 Å². The zero-order valence-electron chi connectivity index (χ0n) is 7.00. The fourth-order valence-corrected chi connectivity index (χ4v) is 1.19. The Morgan fingerprint density at radius 3 is 2.64 bits per heavy atom. The Morgan fingerprint density at radius 1 is 1.64 bits per heavy atom. The number of alkyl halides is 2. The van der Waals surface area contributed by atoms with E-state index in [1.54, 1.807) is 0 Å². The lowest BCUT2D eigenvalue weighted by Gasteiger charge is -2.02. The lowest BCUT2D eigenvalue weighted by atomic mass is 10.2. The predicted octanol–water partition coefficient (Wildman–Crippen LogP) is 2.89. The van der Waals surface area contributed by atoms with E-state index in [-0.39, 0.29) is 5.69 Å². The number of hydrogen-bond acceptors (Lipinski definition) is 3. The van der Waals surface area contributed by atoms with Crippen LogP contribution in [-0.4, -0.2) is 9.91 Å². The van der Waals surface area contributed by atoms with Gasteiger partial charge in [-0.2, -0.15) is 0 Å². The first-order chi connectivity index (χ1) is 6.43. The summed E-state index contributed by atoms with van der Waals surface area (Å²) >= 11 is 5.39. The summed E-state index contributed by atoms with van der Waals surface area (Å²) in [5.41, 5.74) is -0.428. The Labute approximate surface area is 82.7 Å². The summed E-state index contributed by atoms with van der Waals surface area (Å²) < 4.78 is 24.6. The van der Waals surface area contributed by atoms with Crippen molar-refractivity contribution in [3.05, 3.63) is 32.5 Å². The molecule has 0 aliphatic heterocycles. The molecule has 1 heterocycles. The maximum atomic E-state index is 12.3. The maximum absolute atomic E-state index is 12.3. The number of aromatic nitrogens is 1. The van der Waals surface area contributed by atoms with Crippen molar-refractivity contribution in [3.63, 3.8) is 0 Å². The normalized spacial score (nSPS) is 10.6. The standard InChI is InChI=1S/C7H5ClF2N2O2/c1-3-2-4(6(9)10)5(8)7(11-3)12(13)14/h2,6H,1H3. The fourth-order valence-electron chi connectivity index (χ4n) is 0.946. The molecule has 0 bridgehead atoms. The highest BCUT2D eigenvalue weighted by Gasteiger charge is 2.24. The number of aryl methyl sites for hydroxylation is 1. The van der Waals surface area contributed by atoms with Crippen molar-refractivity contribution < 1.29 is 13.7 Å². The van der Waals surface area contributed by atoms with E-state index in [1.165, 1.54) is 6.92 Å². The average Bonchev–Trinajstić information content (AvgIpc) is 2.07. The van der Waals surface area contributed by atoms with Gasteiger partial charge >= 0.3 is 5.82 Å². The molecule has 0 saturated heterocycles. The fraction of sp³-hybridized carbons (Fsp3) is 0.286. The van der Waals surface area contributed by atoms with Crippen LogP contribution in [0.4, 0.5) is 14.6 Å². The SMILES string of the molecule is Cc1cc(C(F)F)c(Cl)c([N+](=O)[O-])n1. The van der Waals surface area contributed by atoms with Crippen molar-refractivity contribution >= 4 is 17.4 Å². The number of nitro groups is 1. The molecule has 1 aromatic rings. The van der Waals surface area contributed by atoms with E-state index < -0.39 is 27.8 Å². The van der Waals surface area contributed by atoms with Gasteiger partial charge in [0.15, 0.2) is 5.69 Å². The average molecular weight is 223 g/mol. The molecular formula is C7H5ClF2N2O2. The second-order valence-corrected chi connectivity index (χ2v) is 2.93. The second-order valence-electron chi connectivity index (χ2n) is 2.55. The summed E-state index contributed by atoms with van der Waals surface area (Å²) in [5, 5.41) is 9.76. The van der Waals surface area contributed by atoms with Gasteiger partial charge in [0.1, 0.15) is 5.02 Å². The molecule has 7 heteroatoms. The van der Waals surface area contributed by atoms with Gasteiger partial charge in [-0.15, -0.1) is 0 Å². The molecule has 76 valence electrons. The molecule has 0 radical (unpaired) electrons. The first kappa shape index (κ1) is 10.8. The van der Waals surface area contributed by atoms with Crippen LogP contribution in [0.2, 0.25) is 5.02 Å². The highest BCUT2D eigenvalue weighted by atomic mass is 35.5. The topological polar surface area (TPSA) is 56.0 Å². The minimum Gasteiger partial charge on any atom is -0.358 e. The molecule has 0 saturated carbocycles. The molecule has 0 unspecified atom stereocenters. The van der Waals surface area contributed by atoms with Crippen molar-refractivity contribution in [3.8, 4) is 0 Å². The molecule has 1 rings (SSSR count). The van der Waals surface area contributed by atoms with Crippen LogP contribution in [-0.2, 0) is 0 Å². The van der Waals surface area contributed by atoms with Gasteiger partial charge < -0.3 is 10.1 Å². The van der Waals surface area contributed by atoms with Crippen molar-refractivity contribution in [2.45, 2.75) is 13.3 Å². The monoisotopic (exact) mass is 222 g/mol. The molecule has 1 aromatic heterocycles. The Bertz CT molecular complexity index is 384. The molecule has 4 nitrogen and oxygen atoms in total. The second kappa shape index (κ2) is 3.83. The van der Waals surface area contributed by atoms with Gasteiger partial charge in [0, 0.05) is 12.5 Å². The molecule has 0 aliphatic rings. The van der Waals surface area contributed by atoms with Crippen molar-refractivity contribution in [2.24, 2.45) is 0 Å². The minimum absolute atomic E-state index is 0.136. The number of pyridine rings is 1. The van der Waals surface area contributed by atoms with E-state index in [1.807, 2.05) is 0 Å². The van der Waals surface area contributed by atoms with Crippen LogP contribution in [0.3, 0.4) is 0 Å².